The van der Waals surface area contributed by atoms with Crippen molar-refractivity contribution in [2.75, 3.05) is 4.90 Å². The van der Waals surface area contributed by atoms with Crippen molar-refractivity contribution < 1.29 is 4.42 Å². The van der Waals surface area contributed by atoms with E-state index >= 15 is 0 Å². The summed E-state index contributed by atoms with van der Waals surface area (Å²) in [7, 11) is 0. The largest absolute Gasteiger partial charge is 0.454 e. The minimum Gasteiger partial charge on any atom is -0.454 e. The zero-order valence-corrected chi connectivity index (χ0v) is 29.6. The quantitative estimate of drug-likeness (QED) is 0.166. The lowest BCUT2D eigenvalue weighted by Gasteiger charge is -2.28. The third-order valence-electron chi connectivity index (χ3n) is 10.5. The second-order valence-electron chi connectivity index (χ2n) is 13.7. The van der Waals surface area contributed by atoms with Crippen molar-refractivity contribution in [2.24, 2.45) is 0 Å². The maximum atomic E-state index is 6.70. The summed E-state index contributed by atoms with van der Waals surface area (Å²) in [6.45, 7) is 0. The molecule has 10 aromatic rings. The number of para-hydroxylation sites is 3. The highest BCUT2D eigenvalue weighted by Crippen LogP contribution is 2.47. The number of nitrogens with zero attached hydrogens (tertiary/aromatic N) is 1. The predicted molar refractivity (Wildman–Crippen MR) is 228 cm³/mol. The van der Waals surface area contributed by atoms with Gasteiger partial charge in [-0.1, -0.05) is 176 Å². The Hall–Kier alpha value is -7.16. The van der Waals surface area contributed by atoms with Gasteiger partial charge >= 0.3 is 0 Å². The number of fused-ring (bicyclic) bond motifs is 4. The van der Waals surface area contributed by atoms with E-state index in [1.54, 1.807) is 0 Å². The highest BCUT2D eigenvalue weighted by molar-refractivity contribution is 6.11. The van der Waals surface area contributed by atoms with Crippen LogP contribution >= 0.6 is 0 Å². The molecule has 0 bridgehead atoms. The van der Waals surface area contributed by atoms with Gasteiger partial charge in [-0.3, -0.25) is 0 Å². The first-order valence-electron chi connectivity index (χ1n) is 18.4. The lowest BCUT2D eigenvalue weighted by atomic mass is 9.88. The van der Waals surface area contributed by atoms with Gasteiger partial charge < -0.3 is 9.32 Å². The summed E-state index contributed by atoms with van der Waals surface area (Å²) in [5.74, 6) is 0. The van der Waals surface area contributed by atoms with Crippen LogP contribution in [0.4, 0.5) is 17.1 Å². The Morgan fingerprint density at radius 1 is 0.315 bits per heavy atom. The van der Waals surface area contributed by atoms with Crippen LogP contribution in [0.5, 0.6) is 0 Å². The molecule has 9 aromatic carbocycles. The van der Waals surface area contributed by atoms with Crippen LogP contribution in [-0.4, -0.2) is 0 Å². The molecule has 0 spiro atoms. The molecule has 0 fully saturated rings. The highest BCUT2D eigenvalue weighted by atomic mass is 16.3. The third-order valence-corrected chi connectivity index (χ3v) is 10.5. The van der Waals surface area contributed by atoms with Crippen molar-refractivity contribution >= 4 is 49.8 Å². The van der Waals surface area contributed by atoms with E-state index in [0.717, 1.165) is 50.1 Å². The molecule has 0 aliphatic carbocycles. The van der Waals surface area contributed by atoms with Gasteiger partial charge in [0.25, 0.3) is 0 Å². The SMILES string of the molecule is c1ccc(-c2ccccc2-c2ccccc2-c2ccccc2N(c2ccc(-c3ccc4ccccc4c3)cc2)c2cccc3c2oc2ccccc23)cc1. The number of hydrogen-bond donors (Lipinski definition) is 0. The molecule has 1 aromatic heterocycles. The first-order valence-corrected chi connectivity index (χ1v) is 18.4. The second-order valence-corrected chi connectivity index (χ2v) is 13.7. The van der Waals surface area contributed by atoms with E-state index in [9.17, 15) is 0 Å². The Bertz CT molecular complexity index is 2940. The second kappa shape index (κ2) is 13.4. The van der Waals surface area contributed by atoms with E-state index < -0.39 is 0 Å². The summed E-state index contributed by atoms with van der Waals surface area (Å²) >= 11 is 0. The van der Waals surface area contributed by atoms with Gasteiger partial charge in [-0.05, 0) is 86.1 Å². The van der Waals surface area contributed by atoms with Crippen LogP contribution in [0, 0.1) is 0 Å². The first kappa shape index (κ1) is 31.6. The maximum Gasteiger partial charge on any atom is 0.159 e. The summed E-state index contributed by atoms with van der Waals surface area (Å²) in [5, 5.41) is 4.68. The van der Waals surface area contributed by atoms with Gasteiger partial charge in [0, 0.05) is 22.0 Å². The number of furan rings is 1. The molecular formula is C52H35NO. The molecule has 0 unspecified atom stereocenters. The van der Waals surface area contributed by atoms with Crippen molar-refractivity contribution in [3.05, 3.63) is 212 Å². The zero-order chi connectivity index (χ0) is 35.8. The monoisotopic (exact) mass is 689 g/mol. The smallest absolute Gasteiger partial charge is 0.159 e. The fourth-order valence-electron chi connectivity index (χ4n) is 7.92. The van der Waals surface area contributed by atoms with Crippen LogP contribution < -0.4 is 4.90 Å². The van der Waals surface area contributed by atoms with Crippen molar-refractivity contribution in [3.63, 3.8) is 0 Å². The Balaban J connectivity index is 1.18. The number of rotatable bonds is 7. The van der Waals surface area contributed by atoms with Gasteiger partial charge in [-0.15, -0.1) is 0 Å². The predicted octanol–water partition coefficient (Wildman–Crippen LogP) is 14.9. The summed E-state index contributed by atoms with van der Waals surface area (Å²) < 4.78 is 6.70. The van der Waals surface area contributed by atoms with E-state index in [1.807, 2.05) is 6.07 Å². The van der Waals surface area contributed by atoms with E-state index in [4.69, 9.17) is 4.42 Å². The van der Waals surface area contributed by atoms with Crippen molar-refractivity contribution in [1.82, 2.24) is 0 Å². The van der Waals surface area contributed by atoms with Crippen LogP contribution in [0.1, 0.15) is 0 Å². The van der Waals surface area contributed by atoms with E-state index in [1.165, 1.54) is 44.2 Å². The third kappa shape index (κ3) is 5.53. The summed E-state index contributed by atoms with van der Waals surface area (Å²) in [6.07, 6.45) is 0. The lowest BCUT2D eigenvalue weighted by Crippen LogP contribution is -2.11. The average molecular weight is 690 g/mol. The molecule has 0 radical (unpaired) electrons. The lowest BCUT2D eigenvalue weighted by molar-refractivity contribution is 0.669. The van der Waals surface area contributed by atoms with E-state index in [-0.39, 0.29) is 0 Å². The van der Waals surface area contributed by atoms with Crippen LogP contribution in [0.15, 0.2) is 217 Å². The zero-order valence-electron chi connectivity index (χ0n) is 29.6. The fraction of sp³-hybridized carbons (Fsp3) is 0. The summed E-state index contributed by atoms with van der Waals surface area (Å²) in [5.41, 5.74) is 14.2. The van der Waals surface area contributed by atoms with Gasteiger partial charge in [0.1, 0.15) is 5.58 Å². The standard InChI is InChI=1S/C52H35NO/c1-2-16-38(17-3-1)42-19-6-7-20-43(42)44-21-8-9-22-45(44)46-23-10-12-26-49(46)53(50-27-14-25-48-47-24-11-13-28-51(47)54-52(48)50)41-33-31-37(32-34-41)40-30-29-36-15-4-5-18-39(36)35-40/h1-35H. The Kier molecular flexibility index (Phi) is 7.85. The van der Waals surface area contributed by atoms with Crippen molar-refractivity contribution in [1.29, 1.82) is 0 Å². The van der Waals surface area contributed by atoms with E-state index in [0.29, 0.717) is 0 Å². The van der Waals surface area contributed by atoms with Crippen LogP contribution in [0.2, 0.25) is 0 Å². The Morgan fingerprint density at radius 3 is 1.67 bits per heavy atom. The van der Waals surface area contributed by atoms with E-state index in [2.05, 4.69) is 211 Å². The Morgan fingerprint density at radius 2 is 0.870 bits per heavy atom. The molecule has 0 atom stereocenters. The molecular weight excluding hydrogens is 655 g/mol. The molecule has 54 heavy (non-hydrogen) atoms. The van der Waals surface area contributed by atoms with Crippen LogP contribution in [0.3, 0.4) is 0 Å². The molecule has 0 saturated heterocycles. The topological polar surface area (TPSA) is 16.4 Å². The van der Waals surface area contributed by atoms with Gasteiger partial charge in [-0.25, -0.2) is 0 Å². The van der Waals surface area contributed by atoms with Gasteiger partial charge in [0.15, 0.2) is 5.58 Å². The first-order chi connectivity index (χ1) is 26.8. The molecule has 0 saturated carbocycles. The molecule has 0 N–H and O–H groups in total. The molecule has 2 nitrogen and oxygen atoms in total. The van der Waals surface area contributed by atoms with Gasteiger partial charge in [0.05, 0.1) is 11.4 Å². The summed E-state index contributed by atoms with van der Waals surface area (Å²) in [4.78, 5) is 2.37. The molecule has 10 rings (SSSR count). The number of hydrogen-bond acceptors (Lipinski definition) is 2. The molecule has 2 heteroatoms. The number of anilines is 3. The minimum atomic E-state index is 0.856. The highest BCUT2D eigenvalue weighted by Gasteiger charge is 2.23. The van der Waals surface area contributed by atoms with Crippen LogP contribution in [0.25, 0.3) is 77.2 Å². The van der Waals surface area contributed by atoms with Crippen molar-refractivity contribution in [2.45, 2.75) is 0 Å². The molecule has 254 valence electrons. The fourth-order valence-corrected chi connectivity index (χ4v) is 7.92. The normalized spacial score (nSPS) is 11.3. The van der Waals surface area contributed by atoms with Crippen molar-refractivity contribution in [3.8, 4) is 44.5 Å². The average Bonchev–Trinajstić information content (AvgIpc) is 3.64. The van der Waals surface area contributed by atoms with Gasteiger partial charge in [0.2, 0.25) is 0 Å². The number of benzene rings is 9. The van der Waals surface area contributed by atoms with Gasteiger partial charge in [-0.2, -0.15) is 0 Å². The summed E-state index contributed by atoms with van der Waals surface area (Å²) in [6, 6.07) is 75.8. The molecule has 0 amide bonds. The van der Waals surface area contributed by atoms with Crippen LogP contribution in [-0.2, 0) is 0 Å². The minimum absolute atomic E-state index is 0.856. The molecule has 0 aliphatic heterocycles. The molecule has 0 aliphatic rings. The Labute approximate surface area is 314 Å². The molecule has 1 heterocycles. The maximum absolute atomic E-state index is 6.70.